The molecule has 2 aromatic heterocycles. The fourth-order valence-corrected chi connectivity index (χ4v) is 7.52. The molecule has 0 aliphatic heterocycles. The Morgan fingerprint density at radius 3 is 2.26 bits per heavy atom. The minimum absolute atomic E-state index is 0.0727. The van der Waals surface area contributed by atoms with Gasteiger partial charge >= 0.3 is 0 Å². The number of fused-ring (bicyclic) bond motifs is 10. The first kappa shape index (κ1) is 19.4. The Morgan fingerprint density at radius 1 is 0.600 bits per heavy atom. The van der Waals surface area contributed by atoms with E-state index in [1.54, 1.807) is 0 Å². The molecule has 0 N–H and O–H groups in total. The standard InChI is InChI=1S/C33H23NS/c1-33(2)27-12-6-3-9-21(27)24-16-17-25-22-10-4-7-13-28(22)34(32(25)31(24)33)20-15-18-30-26(19-20)23-11-5-8-14-29(23)35-30/h3-19H,1-2H3. The molecule has 7 aromatic rings. The molecule has 1 nitrogen and oxygen atoms in total. The summed E-state index contributed by atoms with van der Waals surface area (Å²) >= 11 is 1.88. The van der Waals surface area contributed by atoms with Gasteiger partial charge in [-0.1, -0.05) is 86.6 Å². The summed E-state index contributed by atoms with van der Waals surface area (Å²) in [5.41, 5.74) is 9.34. The van der Waals surface area contributed by atoms with Gasteiger partial charge in [-0.3, -0.25) is 0 Å². The lowest BCUT2D eigenvalue weighted by Crippen LogP contribution is -2.16. The van der Waals surface area contributed by atoms with Crippen LogP contribution in [-0.2, 0) is 5.41 Å². The van der Waals surface area contributed by atoms with Gasteiger partial charge in [0.2, 0.25) is 0 Å². The first-order chi connectivity index (χ1) is 17.1. The smallest absolute Gasteiger partial charge is 0.0588 e. The lowest BCUT2D eigenvalue weighted by Gasteiger charge is -2.23. The highest BCUT2D eigenvalue weighted by molar-refractivity contribution is 7.25. The van der Waals surface area contributed by atoms with Crippen molar-refractivity contribution in [2.24, 2.45) is 0 Å². The average Bonchev–Trinajstić information content (AvgIpc) is 3.50. The highest BCUT2D eigenvalue weighted by Gasteiger charge is 2.38. The number of nitrogens with zero attached hydrogens (tertiary/aromatic N) is 1. The van der Waals surface area contributed by atoms with Crippen LogP contribution in [0.15, 0.2) is 103 Å². The van der Waals surface area contributed by atoms with Gasteiger partial charge < -0.3 is 4.57 Å². The lowest BCUT2D eigenvalue weighted by atomic mass is 9.81. The zero-order valence-electron chi connectivity index (χ0n) is 19.7. The van der Waals surface area contributed by atoms with E-state index in [-0.39, 0.29) is 5.41 Å². The summed E-state index contributed by atoms with van der Waals surface area (Å²) in [5.74, 6) is 0. The topological polar surface area (TPSA) is 4.93 Å². The van der Waals surface area contributed by atoms with Crippen LogP contribution < -0.4 is 0 Å². The molecule has 0 spiro atoms. The minimum Gasteiger partial charge on any atom is -0.309 e. The van der Waals surface area contributed by atoms with E-state index in [1.165, 1.54) is 69.9 Å². The van der Waals surface area contributed by atoms with Gasteiger partial charge in [0.1, 0.15) is 0 Å². The van der Waals surface area contributed by atoms with E-state index in [0.29, 0.717) is 0 Å². The first-order valence-corrected chi connectivity index (χ1v) is 13.0. The van der Waals surface area contributed by atoms with Crippen molar-refractivity contribution < 1.29 is 0 Å². The quantitative estimate of drug-likeness (QED) is 0.227. The Kier molecular flexibility index (Phi) is 3.67. The van der Waals surface area contributed by atoms with Crippen LogP contribution in [-0.4, -0.2) is 4.57 Å². The van der Waals surface area contributed by atoms with Gasteiger partial charge in [-0.15, -0.1) is 11.3 Å². The summed E-state index contributed by atoms with van der Waals surface area (Å²) in [6.45, 7) is 4.77. The van der Waals surface area contributed by atoms with Crippen LogP contribution in [0.25, 0.3) is 58.8 Å². The maximum absolute atomic E-state index is 2.52. The summed E-state index contributed by atoms with van der Waals surface area (Å²) < 4.78 is 5.20. The highest BCUT2D eigenvalue weighted by atomic mass is 32.1. The number of rotatable bonds is 1. The van der Waals surface area contributed by atoms with E-state index in [2.05, 4.69) is 122 Å². The van der Waals surface area contributed by atoms with Gasteiger partial charge in [-0.25, -0.2) is 0 Å². The molecule has 0 saturated heterocycles. The van der Waals surface area contributed by atoms with Crippen LogP contribution >= 0.6 is 11.3 Å². The molecular weight excluding hydrogens is 442 g/mol. The van der Waals surface area contributed by atoms with E-state index in [9.17, 15) is 0 Å². The highest BCUT2D eigenvalue weighted by Crippen LogP contribution is 2.53. The second-order valence-electron chi connectivity index (χ2n) is 10.2. The van der Waals surface area contributed by atoms with Crippen LogP contribution in [0.4, 0.5) is 0 Å². The molecule has 0 radical (unpaired) electrons. The third-order valence-electron chi connectivity index (χ3n) is 7.97. The molecule has 0 bridgehead atoms. The van der Waals surface area contributed by atoms with E-state index in [1.807, 2.05) is 11.3 Å². The van der Waals surface area contributed by atoms with Crippen molar-refractivity contribution in [3.05, 3.63) is 114 Å². The Bertz CT molecular complexity index is 1980. The Hall–Kier alpha value is -3.88. The second kappa shape index (κ2) is 6.62. The maximum atomic E-state index is 2.52. The monoisotopic (exact) mass is 465 g/mol. The number of benzene rings is 5. The largest absolute Gasteiger partial charge is 0.309 e. The molecule has 0 unspecified atom stereocenters. The molecule has 1 aliphatic rings. The molecule has 2 heterocycles. The number of para-hydroxylation sites is 1. The zero-order valence-corrected chi connectivity index (χ0v) is 20.5. The minimum atomic E-state index is -0.0727. The van der Waals surface area contributed by atoms with Gasteiger partial charge in [-0.05, 0) is 52.6 Å². The molecule has 35 heavy (non-hydrogen) atoms. The summed E-state index contributed by atoms with van der Waals surface area (Å²) in [5, 5.41) is 5.32. The molecule has 8 rings (SSSR count). The van der Waals surface area contributed by atoms with Crippen LogP contribution in [0.2, 0.25) is 0 Å². The maximum Gasteiger partial charge on any atom is 0.0588 e. The van der Waals surface area contributed by atoms with Crippen molar-refractivity contribution in [2.75, 3.05) is 0 Å². The molecular formula is C33H23NS. The van der Waals surface area contributed by atoms with E-state index >= 15 is 0 Å². The molecule has 1 aliphatic carbocycles. The predicted octanol–water partition coefficient (Wildman–Crippen LogP) is 9.46. The Labute approximate surface area is 207 Å². The number of thiophene rings is 1. The van der Waals surface area contributed by atoms with Crippen molar-refractivity contribution in [1.82, 2.24) is 4.57 Å². The van der Waals surface area contributed by atoms with Crippen LogP contribution in [0.3, 0.4) is 0 Å². The van der Waals surface area contributed by atoms with E-state index < -0.39 is 0 Å². The molecule has 0 amide bonds. The molecule has 0 saturated carbocycles. The van der Waals surface area contributed by atoms with Gasteiger partial charge in [0.05, 0.1) is 11.0 Å². The molecule has 0 atom stereocenters. The van der Waals surface area contributed by atoms with Gasteiger partial charge in [0.25, 0.3) is 0 Å². The van der Waals surface area contributed by atoms with Gasteiger partial charge in [-0.2, -0.15) is 0 Å². The fourth-order valence-electron chi connectivity index (χ4n) is 6.43. The van der Waals surface area contributed by atoms with Crippen molar-refractivity contribution in [3.63, 3.8) is 0 Å². The number of aromatic nitrogens is 1. The third-order valence-corrected chi connectivity index (χ3v) is 9.12. The van der Waals surface area contributed by atoms with Crippen molar-refractivity contribution in [1.29, 1.82) is 0 Å². The summed E-state index contributed by atoms with van der Waals surface area (Å²) in [6.07, 6.45) is 0. The normalized spacial score (nSPS) is 14.2. The SMILES string of the molecule is CC1(C)c2ccccc2-c2ccc3c4ccccc4n(-c4ccc5sc6ccccc6c5c4)c3c21. The molecule has 166 valence electrons. The van der Waals surface area contributed by atoms with Crippen LogP contribution in [0.5, 0.6) is 0 Å². The summed E-state index contributed by atoms with van der Waals surface area (Å²) in [4.78, 5) is 0. The third kappa shape index (κ3) is 2.42. The van der Waals surface area contributed by atoms with E-state index in [4.69, 9.17) is 0 Å². The predicted molar refractivity (Wildman–Crippen MR) is 151 cm³/mol. The zero-order chi connectivity index (χ0) is 23.3. The van der Waals surface area contributed by atoms with E-state index in [0.717, 1.165) is 0 Å². The fraction of sp³-hybridized carbons (Fsp3) is 0.0909. The summed E-state index contributed by atoms with van der Waals surface area (Å²) in [7, 11) is 0. The van der Waals surface area contributed by atoms with Crippen molar-refractivity contribution in [3.8, 4) is 16.8 Å². The Balaban J connectivity index is 1.55. The second-order valence-corrected chi connectivity index (χ2v) is 11.3. The lowest BCUT2D eigenvalue weighted by molar-refractivity contribution is 0.664. The number of hydrogen-bond donors (Lipinski definition) is 0. The average molecular weight is 466 g/mol. The van der Waals surface area contributed by atoms with Crippen LogP contribution in [0, 0.1) is 0 Å². The number of hydrogen-bond acceptors (Lipinski definition) is 1. The molecule has 0 fully saturated rings. The summed E-state index contributed by atoms with van der Waals surface area (Å²) in [6, 6.07) is 38.2. The Morgan fingerprint density at radius 2 is 1.34 bits per heavy atom. The van der Waals surface area contributed by atoms with Gasteiger partial charge in [0.15, 0.2) is 0 Å². The van der Waals surface area contributed by atoms with Gasteiger partial charge in [0, 0.05) is 42.0 Å². The first-order valence-electron chi connectivity index (χ1n) is 12.2. The van der Waals surface area contributed by atoms with Crippen molar-refractivity contribution in [2.45, 2.75) is 19.3 Å². The van der Waals surface area contributed by atoms with Crippen LogP contribution in [0.1, 0.15) is 25.0 Å². The molecule has 5 aromatic carbocycles. The van der Waals surface area contributed by atoms with Crippen molar-refractivity contribution >= 4 is 53.3 Å². The molecule has 2 heteroatoms.